The fraction of sp³-hybridized carbons (Fsp3) is 0. The van der Waals surface area contributed by atoms with Crippen molar-refractivity contribution in [1.29, 1.82) is 0 Å². The Balaban J connectivity index is 1.40. The van der Waals surface area contributed by atoms with E-state index in [9.17, 15) is 4.79 Å². The highest BCUT2D eigenvalue weighted by Crippen LogP contribution is 2.28. The van der Waals surface area contributed by atoms with Crippen LogP contribution in [0.2, 0.25) is 0 Å². The van der Waals surface area contributed by atoms with E-state index < -0.39 is 5.91 Å². The van der Waals surface area contributed by atoms with Crippen LogP contribution in [0.15, 0.2) is 63.4 Å². The summed E-state index contributed by atoms with van der Waals surface area (Å²) in [6, 6.07) is 16.9. The zero-order chi connectivity index (χ0) is 17.5. The summed E-state index contributed by atoms with van der Waals surface area (Å²) in [6.07, 6.45) is 0. The number of hydrogen-bond acceptors (Lipinski definition) is 7. The number of furan rings is 1. The highest BCUT2D eigenvalue weighted by Gasteiger charge is 2.18. The van der Waals surface area contributed by atoms with Gasteiger partial charge in [-0.1, -0.05) is 35.4 Å². The molecule has 8 heteroatoms. The number of anilines is 1. The van der Waals surface area contributed by atoms with Crippen molar-refractivity contribution in [3.63, 3.8) is 0 Å². The van der Waals surface area contributed by atoms with E-state index in [0.717, 1.165) is 21.2 Å². The standard InChI is InChI=1S/C18H10N4O3S/c23-15(17-19-11-6-2-4-8-14(11)26-17)20-18-22-21-16(25-18)13-9-10-5-1-3-7-12(10)24-13/h1-9H,(H,20,22,23). The molecule has 0 spiro atoms. The van der Waals surface area contributed by atoms with Crippen molar-refractivity contribution in [2.75, 3.05) is 5.32 Å². The average Bonchev–Trinajstić information content (AvgIpc) is 3.38. The zero-order valence-electron chi connectivity index (χ0n) is 13.2. The fourth-order valence-electron chi connectivity index (χ4n) is 2.58. The Bertz CT molecular complexity index is 1190. The number of benzene rings is 2. The Morgan fingerprint density at radius 2 is 1.85 bits per heavy atom. The SMILES string of the molecule is O=C(Nc1nnc(-c2cc3ccccc3o2)o1)c1nc2ccccc2s1. The van der Waals surface area contributed by atoms with E-state index in [1.54, 1.807) is 0 Å². The van der Waals surface area contributed by atoms with Crippen molar-refractivity contribution >= 4 is 44.4 Å². The number of carbonyl (C=O) groups excluding carboxylic acids is 1. The molecule has 5 rings (SSSR count). The largest absolute Gasteiger partial charge is 0.451 e. The van der Waals surface area contributed by atoms with E-state index in [1.165, 1.54) is 11.3 Å². The second-order valence-electron chi connectivity index (χ2n) is 5.50. The van der Waals surface area contributed by atoms with E-state index in [-0.39, 0.29) is 11.9 Å². The second-order valence-corrected chi connectivity index (χ2v) is 6.53. The minimum Gasteiger partial charge on any atom is -0.451 e. The topological polar surface area (TPSA) is 94.1 Å². The Morgan fingerprint density at radius 3 is 2.73 bits per heavy atom. The molecule has 0 fully saturated rings. The summed E-state index contributed by atoms with van der Waals surface area (Å²) in [6.45, 7) is 0. The summed E-state index contributed by atoms with van der Waals surface area (Å²) < 4.78 is 12.1. The number of amides is 1. The normalized spacial score (nSPS) is 11.2. The summed E-state index contributed by atoms with van der Waals surface area (Å²) in [5, 5.41) is 11.6. The molecule has 2 aromatic carbocycles. The van der Waals surface area contributed by atoms with Gasteiger partial charge in [-0.2, -0.15) is 0 Å². The Kier molecular flexibility index (Phi) is 3.29. The number of thiazole rings is 1. The van der Waals surface area contributed by atoms with E-state index in [4.69, 9.17) is 8.83 Å². The lowest BCUT2D eigenvalue weighted by Gasteiger charge is -1.94. The van der Waals surface area contributed by atoms with Crippen molar-refractivity contribution < 1.29 is 13.6 Å². The average molecular weight is 362 g/mol. The van der Waals surface area contributed by atoms with Crippen molar-refractivity contribution in [1.82, 2.24) is 15.2 Å². The summed E-state index contributed by atoms with van der Waals surface area (Å²) in [7, 11) is 0. The molecule has 0 unspecified atom stereocenters. The number of hydrogen-bond donors (Lipinski definition) is 1. The second kappa shape index (κ2) is 5.78. The van der Waals surface area contributed by atoms with Crippen molar-refractivity contribution in [2.24, 2.45) is 0 Å². The molecule has 0 radical (unpaired) electrons. The van der Waals surface area contributed by atoms with Gasteiger partial charge in [0.1, 0.15) is 5.58 Å². The third-order valence-electron chi connectivity index (χ3n) is 3.77. The number of fused-ring (bicyclic) bond motifs is 2. The molecule has 26 heavy (non-hydrogen) atoms. The van der Waals surface area contributed by atoms with Gasteiger partial charge in [0, 0.05) is 5.39 Å². The van der Waals surface area contributed by atoms with Gasteiger partial charge in [0.05, 0.1) is 10.2 Å². The molecule has 0 aliphatic heterocycles. The predicted molar refractivity (Wildman–Crippen MR) is 97.1 cm³/mol. The van der Waals surface area contributed by atoms with Crippen LogP contribution in [0.5, 0.6) is 0 Å². The van der Waals surface area contributed by atoms with Gasteiger partial charge in [-0.05, 0) is 24.3 Å². The molecular weight excluding hydrogens is 352 g/mol. The first-order valence-electron chi connectivity index (χ1n) is 7.76. The van der Waals surface area contributed by atoms with E-state index in [1.807, 2.05) is 54.6 Å². The van der Waals surface area contributed by atoms with Crippen LogP contribution in [0.1, 0.15) is 9.80 Å². The molecule has 0 aliphatic carbocycles. The summed E-state index contributed by atoms with van der Waals surface area (Å²) in [5.41, 5.74) is 1.50. The zero-order valence-corrected chi connectivity index (χ0v) is 14.0. The van der Waals surface area contributed by atoms with Gasteiger partial charge >= 0.3 is 6.01 Å². The van der Waals surface area contributed by atoms with Gasteiger partial charge in [0.15, 0.2) is 10.8 Å². The molecule has 0 aliphatic rings. The van der Waals surface area contributed by atoms with Gasteiger partial charge in [-0.15, -0.1) is 16.4 Å². The highest BCUT2D eigenvalue weighted by atomic mass is 32.1. The molecule has 1 amide bonds. The molecule has 5 aromatic rings. The summed E-state index contributed by atoms with van der Waals surface area (Å²) in [5.74, 6) is 0.242. The Morgan fingerprint density at radius 1 is 1.00 bits per heavy atom. The van der Waals surface area contributed by atoms with Crippen LogP contribution in [-0.2, 0) is 0 Å². The van der Waals surface area contributed by atoms with Gasteiger partial charge in [-0.3, -0.25) is 10.1 Å². The van der Waals surface area contributed by atoms with Gasteiger partial charge < -0.3 is 8.83 Å². The van der Waals surface area contributed by atoms with Crippen LogP contribution in [0.3, 0.4) is 0 Å². The smallest absolute Gasteiger partial charge is 0.323 e. The third kappa shape index (κ3) is 2.52. The molecule has 7 nitrogen and oxygen atoms in total. The van der Waals surface area contributed by atoms with E-state index in [2.05, 4.69) is 20.5 Å². The molecule has 0 saturated heterocycles. The van der Waals surface area contributed by atoms with Gasteiger partial charge in [0.25, 0.3) is 11.8 Å². The van der Waals surface area contributed by atoms with E-state index >= 15 is 0 Å². The van der Waals surface area contributed by atoms with Gasteiger partial charge in [0.2, 0.25) is 0 Å². The first-order valence-corrected chi connectivity index (χ1v) is 8.57. The lowest BCUT2D eigenvalue weighted by molar-refractivity contribution is 0.102. The molecule has 126 valence electrons. The monoisotopic (exact) mass is 362 g/mol. The first-order chi connectivity index (χ1) is 12.8. The maximum absolute atomic E-state index is 12.4. The van der Waals surface area contributed by atoms with Crippen molar-refractivity contribution in [3.8, 4) is 11.7 Å². The minimum atomic E-state index is -0.397. The van der Waals surface area contributed by atoms with Crippen LogP contribution in [0, 0.1) is 0 Å². The molecular formula is C18H10N4O3S. The quantitative estimate of drug-likeness (QED) is 0.513. The Hall–Kier alpha value is -3.52. The molecule has 0 saturated carbocycles. The maximum atomic E-state index is 12.4. The van der Waals surface area contributed by atoms with Crippen LogP contribution >= 0.6 is 11.3 Å². The molecule has 0 atom stereocenters. The number of aromatic nitrogens is 3. The number of carbonyl (C=O) groups is 1. The lowest BCUT2D eigenvalue weighted by Crippen LogP contribution is -2.11. The molecule has 1 N–H and O–H groups in total. The predicted octanol–water partition coefficient (Wildman–Crippen LogP) is 4.34. The molecule has 3 heterocycles. The fourth-order valence-corrected chi connectivity index (χ4v) is 3.44. The van der Waals surface area contributed by atoms with Crippen LogP contribution < -0.4 is 5.32 Å². The van der Waals surface area contributed by atoms with Crippen LogP contribution in [0.4, 0.5) is 6.01 Å². The number of rotatable bonds is 3. The third-order valence-corrected chi connectivity index (χ3v) is 4.81. The van der Waals surface area contributed by atoms with E-state index in [0.29, 0.717) is 10.8 Å². The lowest BCUT2D eigenvalue weighted by atomic mass is 10.2. The number of nitrogens with one attached hydrogen (secondary N) is 1. The maximum Gasteiger partial charge on any atom is 0.323 e. The number of nitrogens with zero attached hydrogens (tertiary/aromatic N) is 3. The molecule has 3 aromatic heterocycles. The minimum absolute atomic E-state index is 0.00953. The Labute approximate surface area is 150 Å². The van der Waals surface area contributed by atoms with Crippen molar-refractivity contribution in [2.45, 2.75) is 0 Å². The van der Waals surface area contributed by atoms with Crippen LogP contribution in [-0.4, -0.2) is 21.1 Å². The summed E-state index contributed by atoms with van der Waals surface area (Å²) in [4.78, 5) is 16.7. The molecule has 0 bridgehead atoms. The van der Waals surface area contributed by atoms with Crippen LogP contribution in [0.25, 0.3) is 32.8 Å². The highest BCUT2D eigenvalue weighted by molar-refractivity contribution is 7.20. The first kappa shape index (κ1) is 14.8. The van der Waals surface area contributed by atoms with Gasteiger partial charge in [-0.25, -0.2) is 4.98 Å². The summed E-state index contributed by atoms with van der Waals surface area (Å²) >= 11 is 1.30. The van der Waals surface area contributed by atoms with Crippen molar-refractivity contribution in [3.05, 3.63) is 59.6 Å². The number of para-hydroxylation sites is 2.